The molecule has 0 aliphatic carbocycles. The van der Waals surface area contributed by atoms with E-state index in [1.807, 2.05) is 24.3 Å². The Kier molecular flexibility index (Phi) is 7.60. The number of carbonyl (C=O) groups is 1. The zero-order valence-electron chi connectivity index (χ0n) is 16.8. The van der Waals surface area contributed by atoms with Gasteiger partial charge in [0.25, 0.3) is 5.91 Å². The second-order valence-corrected chi connectivity index (χ2v) is 8.85. The number of nitrogens with zero attached hydrogens (tertiary/aromatic N) is 1. The van der Waals surface area contributed by atoms with Crippen molar-refractivity contribution in [3.05, 3.63) is 59.7 Å². The molecule has 6 nitrogen and oxygen atoms in total. The number of amides is 1. The Labute approximate surface area is 167 Å². The molecule has 0 spiro atoms. The third-order valence-electron chi connectivity index (χ3n) is 4.59. The van der Waals surface area contributed by atoms with E-state index in [0.717, 1.165) is 18.6 Å². The summed E-state index contributed by atoms with van der Waals surface area (Å²) in [5.74, 6) is 0.536. The van der Waals surface area contributed by atoms with Crippen LogP contribution in [0.1, 0.15) is 36.2 Å². The van der Waals surface area contributed by atoms with Crippen molar-refractivity contribution in [3.63, 3.8) is 0 Å². The molecule has 0 unspecified atom stereocenters. The van der Waals surface area contributed by atoms with Crippen molar-refractivity contribution in [1.82, 2.24) is 9.62 Å². The molecule has 0 aliphatic rings. The summed E-state index contributed by atoms with van der Waals surface area (Å²) in [6, 6.07) is 13.8. The van der Waals surface area contributed by atoms with Gasteiger partial charge < -0.3 is 10.1 Å². The Morgan fingerprint density at radius 1 is 1.14 bits per heavy atom. The predicted molar refractivity (Wildman–Crippen MR) is 110 cm³/mol. The molecule has 152 valence electrons. The molecule has 1 amide bonds. The van der Waals surface area contributed by atoms with Crippen LogP contribution in [-0.4, -0.2) is 45.4 Å². The molecule has 2 aromatic carbocycles. The minimum atomic E-state index is -3.62. The SMILES string of the molecule is COc1ccc(CCCNC(=O)c2cccc(S(=O)(=O)N(C)C(C)C)c2)cc1. The molecule has 0 saturated carbocycles. The van der Waals surface area contributed by atoms with E-state index in [0.29, 0.717) is 12.1 Å². The second-order valence-electron chi connectivity index (χ2n) is 6.85. The van der Waals surface area contributed by atoms with Gasteiger partial charge in [-0.1, -0.05) is 18.2 Å². The fraction of sp³-hybridized carbons (Fsp3) is 0.381. The van der Waals surface area contributed by atoms with Crippen molar-refractivity contribution in [3.8, 4) is 5.75 Å². The average molecular weight is 405 g/mol. The summed E-state index contributed by atoms with van der Waals surface area (Å²) in [4.78, 5) is 12.5. The molecule has 0 aromatic heterocycles. The minimum Gasteiger partial charge on any atom is -0.497 e. The number of benzene rings is 2. The van der Waals surface area contributed by atoms with Crippen LogP contribution in [0.3, 0.4) is 0 Å². The van der Waals surface area contributed by atoms with E-state index in [2.05, 4.69) is 5.32 Å². The lowest BCUT2D eigenvalue weighted by molar-refractivity contribution is 0.0953. The molecule has 2 rings (SSSR count). The molecule has 1 N–H and O–H groups in total. The van der Waals surface area contributed by atoms with E-state index in [-0.39, 0.29) is 16.8 Å². The predicted octanol–water partition coefficient (Wildman–Crippen LogP) is 3.09. The van der Waals surface area contributed by atoms with Gasteiger partial charge in [0.15, 0.2) is 0 Å². The van der Waals surface area contributed by atoms with Crippen molar-refractivity contribution >= 4 is 15.9 Å². The first kappa shape index (κ1) is 21.9. The first-order chi connectivity index (χ1) is 13.3. The number of hydrogen-bond donors (Lipinski definition) is 1. The van der Waals surface area contributed by atoms with Gasteiger partial charge in [0.1, 0.15) is 5.75 Å². The summed E-state index contributed by atoms with van der Waals surface area (Å²) in [6.07, 6.45) is 1.62. The van der Waals surface area contributed by atoms with Gasteiger partial charge in [-0.3, -0.25) is 4.79 Å². The second kappa shape index (κ2) is 9.71. The average Bonchev–Trinajstić information content (AvgIpc) is 2.70. The number of carbonyl (C=O) groups excluding carboxylic acids is 1. The van der Waals surface area contributed by atoms with Crippen molar-refractivity contribution < 1.29 is 17.9 Å². The highest BCUT2D eigenvalue weighted by Gasteiger charge is 2.23. The fourth-order valence-corrected chi connectivity index (χ4v) is 4.04. The van der Waals surface area contributed by atoms with Crippen LogP contribution in [0.4, 0.5) is 0 Å². The summed E-state index contributed by atoms with van der Waals surface area (Å²) in [5.41, 5.74) is 1.50. The Balaban J connectivity index is 1.93. The maximum atomic E-state index is 12.6. The Morgan fingerprint density at radius 3 is 2.43 bits per heavy atom. The van der Waals surface area contributed by atoms with Gasteiger partial charge in [-0.2, -0.15) is 4.31 Å². The number of nitrogens with one attached hydrogen (secondary N) is 1. The number of aryl methyl sites for hydroxylation is 1. The van der Waals surface area contributed by atoms with Crippen LogP contribution in [-0.2, 0) is 16.4 Å². The van der Waals surface area contributed by atoms with Crippen LogP contribution in [0.15, 0.2) is 53.4 Å². The van der Waals surface area contributed by atoms with Crippen LogP contribution in [0, 0.1) is 0 Å². The van der Waals surface area contributed by atoms with E-state index in [1.165, 1.54) is 29.0 Å². The molecule has 0 fully saturated rings. The lowest BCUT2D eigenvalue weighted by atomic mass is 10.1. The Bertz CT molecular complexity index is 893. The van der Waals surface area contributed by atoms with E-state index < -0.39 is 10.0 Å². The molecule has 7 heteroatoms. The van der Waals surface area contributed by atoms with E-state index in [9.17, 15) is 13.2 Å². The van der Waals surface area contributed by atoms with Crippen molar-refractivity contribution in [2.24, 2.45) is 0 Å². The highest BCUT2D eigenvalue weighted by atomic mass is 32.2. The number of sulfonamides is 1. The van der Waals surface area contributed by atoms with Crippen LogP contribution in [0.5, 0.6) is 5.75 Å². The molecule has 0 bridgehead atoms. The number of methoxy groups -OCH3 is 1. The molecule has 0 saturated heterocycles. The smallest absolute Gasteiger partial charge is 0.251 e. The van der Waals surface area contributed by atoms with Crippen LogP contribution >= 0.6 is 0 Å². The highest BCUT2D eigenvalue weighted by Crippen LogP contribution is 2.18. The molecular formula is C21H28N2O4S. The fourth-order valence-electron chi connectivity index (χ4n) is 2.63. The normalized spacial score (nSPS) is 11.6. The largest absolute Gasteiger partial charge is 0.497 e. The maximum absolute atomic E-state index is 12.6. The number of ether oxygens (including phenoxy) is 1. The maximum Gasteiger partial charge on any atom is 0.251 e. The third-order valence-corrected chi connectivity index (χ3v) is 6.62. The first-order valence-electron chi connectivity index (χ1n) is 9.25. The summed E-state index contributed by atoms with van der Waals surface area (Å²) >= 11 is 0. The van der Waals surface area contributed by atoms with Gasteiger partial charge in [-0.25, -0.2) is 8.42 Å². The summed E-state index contributed by atoms with van der Waals surface area (Å²) in [6.45, 7) is 4.11. The van der Waals surface area contributed by atoms with Gasteiger partial charge >= 0.3 is 0 Å². The summed E-state index contributed by atoms with van der Waals surface area (Å²) < 4.78 is 31.6. The standard InChI is InChI=1S/C21H28N2O4S/c1-16(2)23(3)28(25,26)20-9-5-8-18(15-20)21(24)22-14-6-7-17-10-12-19(27-4)13-11-17/h5,8-13,15-16H,6-7,14H2,1-4H3,(H,22,24). The van der Waals surface area contributed by atoms with Crippen molar-refractivity contribution in [2.45, 2.75) is 37.6 Å². The molecule has 0 radical (unpaired) electrons. The van der Waals surface area contributed by atoms with Crippen molar-refractivity contribution in [1.29, 1.82) is 0 Å². The van der Waals surface area contributed by atoms with Gasteiger partial charge in [0.05, 0.1) is 12.0 Å². The number of hydrogen-bond acceptors (Lipinski definition) is 4. The first-order valence-corrected chi connectivity index (χ1v) is 10.7. The van der Waals surface area contributed by atoms with Crippen LogP contribution in [0.2, 0.25) is 0 Å². The molecular weight excluding hydrogens is 376 g/mol. The third kappa shape index (κ3) is 5.56. The zero-order valence-corrected chi connectivity index (χ0v) is 17.6. The highest BCUT2D eigenvalue weighted by molar-refractivity contribution is 7.89. The monoisotopic (exact) mass is 404 g/mol. The van der Waals surface area contributed by atoms with Gasteiger partial charge in [-0.05, 0) is 62.6 Å². The van der Waals surface area contributed by atoms with E-state index in [1.54, 1.807) is 33.1 Å². The quantitative estimate of drug-likeness (QED) is 0.652. The lowest BCUT2D eigenvalue weighted by Crippen LogP contribution is -2.33. The lowest BCUT2D eigenvalue weighted by Gasteiger charge is -2.21. The zero-order chi connectivity index (χ0) is 20.7. The summed E-state index contributed by atoms with van der Waals surface area (Å²) in [5, 5.41) is 2.85. The minimum absolute atomic E-state index is 0.120. The van der Waals surface area contributed by atoms with Gasteiger partial charge in [0, 0.05) is 25.2 Å². The Morgan fingerprint density at radius 2 is 1.82 bits per heavy atom. The van der Waals surface area contributed by atoms with Crippen LogP contribution < -0.4 is 10.1 Å². The molecule has 0 atom stereocenters. The molecule has 0 heterocycles. The van der Waals surface area contributed by atoms with Crippen molar-refractivity contribution in [2.75, 3.05) is 20.7 Å². The van der Waals surface area contributed by atoms with Crippen LogP contribution in [0.25, 0.3) is 0 Å². The number of rotatable bonds is 9. The van der Waals surface area contributed by atoms with Gasteiger partial charge in [0.2, 0.25) is 10.0 Å². The van der Waals surface area contributed by atoms with E-state index >= 15 is 0 Å². The Hall–Kier alpha value is -2.38. The molecule has 2 aromatic rings. The molecule has 0 aliphatic heterocycles. The summed E-state index contributed by atoms with van der Waals surface area (Å²) in [7, 11) is -0.454. The van der Waals surface area contributed by atoms with E-state index in [4.69, 9.17) is 4.74 Å². The molecule has 28 heavy (non-hydrogen) atoms. The van der Waals surface area contributed by atoms with Gasteiger partial charge in [-0.15, -0.1) is 0 Å². The topological polar surface area (TPSA) is 75.7 Å².